The third kappa shape index (κ3) is 5.15. The van der Waals surface area contributed by atoms with Crippen molar-refractivity contribution in [3.05, 3.63) is 92.4 Å². The van der Waals surface area contributed by atoms with Crippen LogP contribution in [0.25, 0.3) is 0 Å². The fraction of sp³-hybridized carbons (Fsp3) is 0.100. The number of ether oxygens (including phenoxy) is 1. The van der Waals surface area contributed by atoms with E-state index in [1.54, 1.807) is 12.1 Å². The van der Waals surface area contributed by atoms with Crippen LogP contribution in [0.1, 0.15) is 11.1 Å². The molecule has 0 spiro atoms. The van der Waals surface area contributed by atoms with Crippen molar-refractivity contribution in [1.82, 2.24) is 0 Å². The summed E-state index contributed by atoms with van der Waals surface area (Å²) in [6, 6.07) is 21.6. The molecule has 128 valence electrons. The molecule has 25 heavy (non-hydrogen) atoms. The Bertz CT molecular complexity index is 856. The molecule has 0 radical (unpaired) electrons. The highest BCUT2D eigenvalue weighted by atomic mass is 79.9. The Labute approximate surface area is 165 Å². The van der Waals surface area contributed by atoms with Gasteiger partial charge in [-0.3, -0.25) is 0 Å². The van der Waals surface area contributed by atoms with Crippen LogP contribution in [0, 0.1) is 0 Å². The van der Waals surface area contributed by atoms with Crippen LogP contribution < -0.4 is 10.1 Å². The Morgan fingerprint density at radius 1 is 0.920 bits per heavy atom. The Hall–Kier alpha value is -1.68. The average molecular weight is 437 g/mol. The van der Waals surface area contributed by atoms with Crippen molar-refractivity contribution in [2.45, 2.75) is 13.2 Å². The number of hydrogen-bond acceptors (Lipinski definition) is 2. The van der Waals surface area contributed by atoms with Crippen LogP contribution in [0.5, 0.6) is 5.75 Å². The van der Waals surface area contributed by atoms with E-state index in [-0.39, 0.29) is 0 Å². The van der Waals surface area contributed by atoms with Crippen LogP contribution in [-0.4, -0.2) is 0 Å². The van der Waals surface area contributed by atoms with Gasteiger partial charge in [-0.15, -0.1) is 0 Å². The maximum absolute atomic E-state index is 6.18. The molecule has 0 aliphatic rings. The van der Waals surface area contributed by atoms with Gasteiger partial charge in [0.05, 0.1) is 4.47 Å². The second kappa shape index (κ2) is 8.61. The second-order valence-electron chi connectivity index (χ2n) is 5.51. The summed E-state index contributed by atoms with van der Waals surface area (Å²) in [5.74, 6) is 0.773. The standard InChI is InChI=1S/C20H16BrCl2NO/c21-18-10-14(12-24-17-4-2-1-3-5-17)6-9-20(18)25-13-15-7-8-16(22)11-19(15)23/h1-11,24H,12-13H2. The first kappa shape index (κ1) is 18.1. The highest BCUT2D eigenvalue weighted by Gasteiger charge is 2.06. The van der Waals surface area contributed by atoms with Gasteiger partial charge in [0.2, 0.25) is 0 Å². The average Bonchev–Trinajstić information content (AvgIpc) is 2.61. The van der Waals surface area contributed by atoms with Crippen molar-refractivity contribution < 1.29 is 4.74 Å². The van der Waals surface area contributed by atoms with E-state index < -0.39 is 0 Å². The Balaban J connectivity index is 1.61. The summed E-state index contributed by atoms with van der Waals surface area (Å²) in [4.78, 5) is 0. The molecule has 0 saturated carbocycles. The molecular weight excluding hydrogens is 421 g/mol. The number of para-hydroxylation sites is 1. The smallest absolute Gasteiger partial charge is 0.134 e. The quantitative estimate of drug-likeness (QED) is 0.451. The molecule has 0 aliphatic heterocycles. The van der Waals surface area contributed by atoms with Gasteiger partial charge in [0.15, 0.2) is 0 Å². The molecule has 2 nitrogen and oxygen atoms in total. The van der Waals surface area contributed by atoms with E-state index in [0.29, 0.717) is 16.7 Å². The molecule has 0 bridgehead atoms. The maximum Gasteiger partial charge on any atom is 0.134 e. The lowest BCUT2D eigenvalue weighted by Crippen LogP contribution is -2.00. The van der Waals surface area contributed by atoms with Crippen LogP contribution in [0.3, 0.4) is 0 Å². The van der Waals surface area contributed by atoms with Crippen molar-refractivity contribution in [1.29, 1.82) is 0 Å². The van der Waals surface area contributed by atoms with Gasteiger partial charge in [-0.2, -0.15) is 0 Å². The number of halogens is 3. The first-order chi connectivity index (χ1) is 12.1. The predicted molar refractivity (Wildman–Crippen MR) is 109 cm³/mol. The molecule has 0 atom stereocenters. The van der Waals surface area contributed by atoms with Crippen molar-refractivity contribution >= 4 is 44.8 Å². The summed E-state index contributed by atoms with van der Waals surface area (Å²) in [7, 11) is 0. The van der Waals surface area contributed by atoms with Crippen molar-refractivity contribution in [2.75, 3.05) is 5.32 Å². The molecule has 0 amide bonds. The minimum atomic E-state index is 0.385. The van der Waals surface area contributed by atoms with Gasteiger partial charge in [-0.05, 0) is 57.9 Å². The van der Waals surface area contributed by atoms with Crippen LogP contribution in [0.2, 0.25) is 10.0 Å². The predicted octanol–water partition coefficient (Wildman–Crippen LogP) is 6.95. The van der Waals surface area contributed by atoms with Crippen LogP contribution in [0.15, 0.2) is 71.2 Å². The highest BCUT2D eigenvalue weighted by Crippen LogP contribution is 2.28. The SMILES string of the molecule is Clc1ccc(COc2ccc(CNc3ccccc3)cc2Br)c(Cl)c1. The fourth-order valence-electron chi connectivity index (χ4n) is 2.33. The summed E-state index contributed by atoms with van der Waals surface area (Å²) in [6.07, 6.45) is 0. The van der Waals surface area contributed by atoms with Crippen LogP contribution >= 0.6 is 39.1 Å². The molecule has 0 unspecified atom stereocenters. The van der Waals surface area contributed by atoms with E-state index in [9.17, 15) is 0 Å². The number of benzene rings is 3. The first-order valence-corrected chi connectivity index (χ1v) is 9.31. The first-order valence-electron chi connectivity index (χ1n) is 7.76. The second-order valence-corrected chi connectivity index (χ2v) is 7.21. The third-order valence-electron chi connectivity index (χ3n) is 3.67. The monoisotopic (exact) mass is 435 g/mol. The van der Waals surface area contributed by atoms with Gasteiger partial charge in [-0.1, -0.05) is 53.5 Å². The molecule has 3 rings (SSSR count). The number of nitrogens with one attached hydrogen (secondary N) is 1. The molecule has 0 fully saturated rings. The summed E-state index contributed by atoms with van der Waals surface area (Å²) < 4.78 is 6.77. The third-order valence-corrected chi connectivity index (χ3v) is 4.87. The zero-order valence-corrected chi connectivity index (χ0v) is 16.4. The van der Waals surface area contributed by atoms with Gasteiger partial charge in [-0.25, -0.2) is 0 Å². The molecule has 0 aromatic heterocycles. The molecule has 3 aromatic rings. The molecule has 1 N–H and O–H groups in total. The van der Waals surface area contributed by atoms with E-state index in [1.165, 1.54) is 0 Å². The topological polar surface area (TPSA) is 21.3 Å². The summed E-state index contributed by atoms with van der Waals surface area (Å²) in [5, 5.41) is 4.61. The Morgan fingerprint density at radius 2 is 1.72 bits per heavy atom. The van der Waals surface area contributed by atoms with Crippen molar-refractivity contribution in [2.24, 2.45) is 0 Å². The van der Waals surface area contributed by atoms with Gasteiger partial charge in [0.25, 0.3) is 0 Å². The summed E-state index contributed by atoms with van der Waals surface area (Å²) in [5.41, 5.74) is 3.15. The van der Waals surface area contributed by atoms with Crippen molar-refractivity contribution in [3.63, 3.8) is 0 Å². The van der Waals surface area contributed by atoms with Gasteiger partial charge >= 0.3 is 0 Å². The Morgan fingerprint density at radius 3 is 2.44 bits per heavy atom. The zero-order chi connectivity index (χ0) is 17.6. The number of hydrogen-bond donors (Lipinski definition) is 1. The van der Waals surface area contributed by atoms with Gasteiger partial charge < -0.3 is 10.1 Å². The molecule has 3 aromatic carbocycles. The van der Waals surface area contributed by atoms with E-state index in [4.69, 9.17) is 27.9 Å². The number of anilines is 1. The summed E-state index contributed by atoms with van der Waals surface area (Å²) >= 11 is 15.7. The molecule has 0 saturated heterocycles. The van der Waals surface area contributed by atoms with E-state index in [0.717, 1.165) is 33.6 Å². The lowest BCUT2D eigenvalue weighted by molar-refractivity contribution is 0.304. The normalized spacial score (nSPS) is 10.5. The highest BCUT2D eigenvalue weighted by molar-refractivity contribution is 9.10. The maximum atomic E-state index is 6.18. The fourth-order valence-corrected chi connectivity index (χ4v) is 3.33. The lowest BCUT2D eigenvalue weighted by Gasteiger charge is -2.12. The van der Waals surface area contributed by atoms with Gasteiger partial charge in [0.1, 0.15) is 12.4 Å². The molecule has 5 heteroatoms. The minimum absolute atomic E-state index is 0.385. The largest absolute Gasteiger partial charge is 0.488 e. The van der Waals surface area contributed by atoms with Crippen molar-refractivity contribution in [3.8, 4) is 5.75 Å². The molecule has 0 aliphatic carbocycles. The summed E-state index contributed by atoms with van der Waals surface area (Å²) in [6.45, 7) is 1.13. The van der Waals surface area contributed by atoms with Crippen LogP contribution in [0.4, 0.5) is 5.69 Å². The molecular formula is C20H16BrCl2NO. The zero-order valence-electron chi connectivity index (χ0n) is 13.3. The lowest BCUT2D eigenvalue weighted by atomic mass is 10.2. The van der Waals surface area contributed by atoms with Crippen LogP contribution in [-0.2, 0) is 13.2 Å². The Kier molecular flexibility index (Phi) is 6.24. The van der Waals surface area contributed by atoms with E-state index in [1.807, 2.05) is 48.5 Å². The molecule has 0 heterocycles. The van der Waals surface area contributed by atoms with E-state index in [2.05, 4.69) is 27.3 Å². The number of rotatable bonds is 6. The minimum Gasteiger partial charge on any atom is -0.488 e. The van der Waals surface area contributed by atoms with E-state index >= 15 is 0 Å². The van der Waals surface area contributed by atoms with Gasteiger partial charge in [0, 0.05) is 27.8 Å².